The van der Waals surface area contributed by atoms with E-state index in [2.05, 4.69) is 4.99 Å². The van der Waals surface area contributed by atoms with E-state index in [0.29, 0.717) is 12.8 Å². The van der Waals surface area contributed by atoms with E-state index in [1.54, 1.807) is 6.26 Å². The molecule has 0 spiro atoms. The van der Waals surface area contributed by atoms with E-state index in [0.717, 1.165) is 36.3 Å². The summed E-state index contributed by atoms with van der Waals surface area (Å²) in [4.78, 5) is 15.4. The molecule has 0 radical (unpaired) electrons. The summed E-state index contributed by atoms with van der Waals surface area (Å²) < 4.78 is 5.34. The highest BCUT2D eigenvalue weighted by Crippen LogP contribution is 2.40. The van der Waals surface area contributed by atoms with E-state index in [1.807, 2.05) is 6.07 Å². The van der Waals surface area contributed by atoms with Gasteiger partial charge in [-0.2, -0.15) is 0 Å². The third-order valence-electron chi connectivity index (χ3n) is 3.33. The van der Waals surface area contributed by atoms with Gasteiger partial charge in [-0.3, -0.25) is 4.99 Å². The Labute approximate surface area is 93.0 Å². The van der Waals surface area contributed by atoms with Crippen LogP contribution in [-0.4, -0.2) is 17.2 Å². The Balaban J connectivity index is 1.98. The fraction of sp³-hybridized carbons (Fsp3) is 0.500. The first-order valence-corrected chi connectivity index (χ1v) is 5.58. The van der Waals surface area contributed by atoms with Crippen LogP contribution in [-0.2, 0) is 11.2 Å². The number of hydrogen-bond donors (Lipinski definition) is 0. The molecule has 1 aromatic heterocycles. The van der Waals surface area contributed by atoms with Crippen LogP contribution in [0.15, 0.2) is 21.7 Å². The van der Waals surface area contributed by atoms with Gasteiger partial charge < -0.3 is 14.3 Å². The molecule has 1 fully saturated rings. The SMILES string of the molecule is O=C([O-])C1(N=C2CCCc3occc32)CC1. The van der Waals surface area contributed by atoms with E-state index in [-0.39, 0.29) is 0 Å². The van der Waals surface area contributed by atoms with E-state index in [9.17, 15) is 9.90 Å². The molecular formula is C12H12NO3-. The number of hydrogen-bond acceptors (Lipinski definition) is 4. The molecule has 4 heteroatoms. The summed E-state index contributed by atoms with van der Waals surface area (Å²) in [6, 6.07) is 1.87. The molecule has 0 N–H and O–H groups in total. The molecule has 16 heavy (non-hydrogen) atoms. The lowest BCUT2D eigenvalue weighted by molar-refractivity contribution is -0.308. The van der Waals surface area contributed by atoms with Crippen LogP contribution in [0.2, 0.25) is 0 Å². The summed E-state index contributed by atoms with van der Waals surface area (Å²) in [5, 5.41) is 11.0. The number of carbonyl (C=O) groups is 1. The molecule has 0 unspecified atom stereocenters. The van der Waals surface area contributed by atoms with Gasteiger partial charge in [0.15, 0.2) is 0 Å². The molecule has 0 saturated heterocycles. The first-order valence-electron chi connectivity index (χ1n) is 5.58. The van der Waals surface area contributed by atoms with E-state index in [1.165, 1.54) is 0 Å². The molecule has 1 saturated carbocycles. The first-order chi connectivity index (χ1) is 7.71. The number of furan rings is 1. The Morgan fingerprint density at radius 3 is 2.94 bits per heavy atom. The fourth-order valence-corrected chi connectivity index (χ4v) is 2.20. The van der Waals surface area contributed by atoms with Crippen molar-refractivity contribution < 1.29 is 14.3 Å². The van der Waals surface area contributed by atoms with Crippen molar-refractivity contribution in [3.8, 4) is 0 Å². The van der Waals surface area contributed by atoms with Crippen molar-refractivity contribution in [3.05, 3.63) is 23.7 Å². The third kappa shape index (κ3) is 1.37. The number of nitrogens with zero attached hydrogens (tertiary/aromatic N) is 1. The third-order valence-corrected chi connectivity index (χ3v) is 3.33. The number of carboxylic acids is 1. The molecule has 2 aliphatic rings. The van der Waals surface area contributed by atoms with Crippen LogP contribution in [0.5, 0.6) is 0 Å². The monoisotopic (exact) mass is 218 g/mol. The maximum atomic E-state index is 11.0. The van der Waals surface area contributed by atoms with Gasteiger partial charge >= 0.3 is 0 Å². The van der Waals surface area contributed by atoms with Crippen molar-refractivity contribution >= 4 is 11.7 Å². The Morgan fingerprint density at radius 1 is 1.44 bits per heavy atom. The van der Waals surface area contributed by atoms with Gasteiger partial charge in [0.1, 0.15) is 11.3 Å². The molecule has 0 aliphatic heterocycles. The summed E-state index contributed by atoms with van der Waals surface area (Å²) in [5.41, 5.74) is 0.928. The van der Waals surface area contributed by atoms with Crippen LogP contribution in [0, 0.1) is 0 Å². The average molecular weight is 218 g/mol. The molecule has 1 aromatic rings. The summed E-state index contributed by atoms with van der Waals surface area (Å²) in [5.74, 6) is -0.116. The maximum absolute atomic E-state index is 11.0. The van der Waals surface area contributed by atoms with Gasteiger partial charge in [-0.05, 0) is 31.7 Å². The zero-order valence-corrected chi connectivity index (χ0v) is 8.86. The highest BCUT2D eigenvalue weighted by molar-refractivity contribution is 6.04. The van der Waals surface area contributed by atoms with Crippen LogP contribution >= 0.6 is 0 Å². The molecule has 0 bridgehead atoms. The van der Waals surface area contributed by atoms with Crippen molar-refractivity contribution in [2.75, 3.05) is 0 Å². The quantitative estimate of drug-likeness (QED) is 0.733. The van der Waals surface area contributed by atoms with Crippen LogP contribution in [0.1, 0.15) is 37.0 Å². The average Bonchev–Trinajstić information content (AvgIpc) is 2.89. The lowest BCUT2D eigenvalue weighted by Gasteiger charge is -2.17. The van der Waals surface area contributed by atoms with E-state index in [4.69, 9.17) is 4.42 Å². The number of carbonyl (C=O) groups excluding carboxylic acids is 1. The van der Waals surface area contributed by atoms with Gasteiger partial charge in [0.25, 0.3) is 0 Å². The van der Waals surface area contributed by atoms with Gasteiger partial charge in [-0.1, -0.05) is 0 Å². The minimum atomic E-state index is -1.05. The van der Waals surface area contributed by atoms with Crippen molar-refractivity contribution in [3.63, 3.8) is 0 Å². The molecular weight excluding hydrogens is 206 g/mol. The number of aryl methyl sites for hydroxylation is 1. The molecule has 4 nitrogen and oxygen atoms in total. The number of aliphatic imine (C=N–C) groups is 1. The van der Waals surface area contributed by atoms with Gasteiger partial charge in [-0.15, -0.1) is 0 Å². The Kier molecular flexibility index (Phi) is 1.93. The topological polar surface area (TPSA) is 65.6 Å². The largest absolute Gasteiger partial charge is 0.547 e. The number of aliphatic carboxylic acids is 1. The predicted octanol–water partition coefficient (Wildman–Crippen LogP) is 0.687. The molecule has 1 heterocycles. The molecule has 0 amide bonds. The van der Waals surface area contributed by atoms with Crippen molar-refractivity contribution in [2.45, 2.75) is 37.6 Å². The number of rotatable bonds is 2. The predicted molar refractivity (Wildman–Crippen MR) is 55.2 cm³/mol. The zero-order chi connectivity index (χ0) is 11.2. The molecule has 84 valence electrons. The van der Waals surface area contributed by atoms with Crippen LogP contribution in [0.3, 0.4) is 0 Å². The van der Waals surface area contributed by atoms with Crippen molar-refractivity contribution in [1.82, 2.24) is 0 Å². The summed E-state index contributed by atoms with van der Waals surface area (Å²) in [6.45, 7) is 0. The van der Waals surface area contributed by atoms with Crippen LogP contribution in [0.4, 0.5) is 0 Å². The summed E-state index contributed by atoms with van der Waals surface area (Å²) >= 11 is 0. The van der Waals surface area contributed by atoms with Gasteiger partial charge in [-0.25, -0.2) is 0 Å². The number of fused-ring (bicyclic) bond motifs is 1. The lowest BCUT2D eigenvalue weighted by Crippen LogP contribution is -2.37. The highest BCUT2D eigenvalue weighted by Gasteiger charge is 2.45. The van der Waals surface area contributed by atoms with Gasteiger partial charge in [0, 0.05) is 17.7 Å². The Hall–Kier alpha value is -1.58. The van der Waals surface area contributed by atoms with Crippen molar-refractivity contribution in [1.29, 1.82) is 0 Å². The second-order valence-corrected chi connectivity index (χ2v) is 4.49. The molecule has 3 rings (SSSR count). The lowest BCUT2D eigenvalue weighted by atomic mass is 9.96. The van der Waals surface area contributed by atoms with Crippen molar-refractivity contribution in [2.24, 2.45) is 4.99 Å². The second-order valence-electron chi connectivity index (χ2n) is 4.49. The Morgan fingerprint density at radius 2 is 2.25 bits per heavy atom. The highest BCUT2D eigenvalue weighted by atomic mass is 16.4. The number of carboxylic acid groups (broad SMARTS) is 1. The second kappa shape index (κ2) is 3.20. The fourth-order valence-electron chi connectivity index (χ4n) is 2.20. The smallest absolute Gasteiger partial charge is 0.112 e. The van der Waals surface area contributed by atoms with Gasteiger partial charge in [0.2, 0.25) is 0 Å². The molecule has 0 atom stereocenters. The van der Waals surface area contributed by atoms with E-state index < -0.39 is 11.5 Å². The molecule has 2 aliphatic carbocycles. The Bertz CT molecular complexity index is 468. The summed E-state index contributed by atoms with van der Waals surface area (Å²) in [7, 11) is 0. The van der Waals surface area contributed by atoms with Crippen LogP contribution in [0.25, 0.3) is 0 Å². The maximum Gasteiger partial charge on any atom is 0.112 e. The molecule has 0 aromatic carbocycles. The minimum Gasteiger partial charge on any atom is -0.547 e. The standard InChI is InChI=1S/C12H13NO3/c14-11(15)12(5-6-12)13-9-2-1-3-10-8(9)4-7-16-10/h4,7H,1-3,5-6H2,(H,14,15)/p-1. The van der Waals surface area contributed by atoms with Crippen LogP contribution < -0.4 is 5.11 Å². The normalized spacial score (nSPS) is 24.1. The van der Waals surface area contributed by atoms with E-state index >= 15 is 0 Å². The first kappa shape index (κ1) is 9.63. The zero-order valence-electron chi connectivity index (χ0n) is 8.86. The minimum absolute atomic E-state index is 0.603. The van der Waals surface area contributed by atoms with Gasteiger partial charge in [0.05, 0.1) is 12.2 Å². The summed E-state index contributed by atoms with van der Waals surface area (Å²) in [6.07, 6.45) is 5.58.